The van der Waals surface area contributed by atoms with Gasteiger partial charge >= 0.3 is 0 Å². The van der Waals surface area contributed by atoms with Gasteiger partial charge in [0.05, 0.1) is 6.07 Å². The lowest BCUT2D eigenvalue weighted by Gasteiger charge is -2.14. The average molecular weight is 323 g/mol. The zero-order valence-electron chi connectivity index (χ0n) is 9.70. The highest BCUT2D eigenvalue weighted by Crippen LogP contribution is 2.24. The molecular formula is C14H9BrF2N2. The monoisotopic (exact) mass is 322 g/mol. The lowest BCUT2D eigenvalue weighted by molar-refractivity contribution is 0.498. The van der Waals surface area contributed by atoms with E-state index >= 15 is 0 Å². The van der Waals surface area contributed by atoms with Crippen molar-refractivity contribution >= 4 is 21.6 Å². The summed E-state index contributed by atoms with van der Waals surface area (Å²) in [6.45, 7) is 0. The largest absolute Gasteiger partial charge is 0.366 e. The zero-order chi connectivity index (χ0) is 13.8. The van der Waals surface area contributed by atoms with Crippen molar-refractivity contribution in [3.8, 4) is 6.07 Å². The fraction of sp³-hybridized carbons (Fsp3) is 0.0714. The Bertz CT molecular complexity index is 638. The van der Waals surface area contributed by atoms with Crippen LogP contribution in [0.4, 0.5) is 14.5 Å². The van der Waals surface area contributed by atoms with Gasteiger partial charge < -0.3 is 5.32 Å². The molecule has 2 rings (SSSR count). The Labute approximate surface area is 117 Å². The van der Waals surface area contributed by atoms with Crippen molar-refractivity contribution in [2.24, 2.45) is 0 Å². The van der Waals surface area contributed by atoms with Crippen LogP contribution in [0.25, 0.3) is 0 Å². The summed E-state index contributed by atoms with van der Waals surface area (Å²) in [4.78, 5) is 0. The summed E-state index contributed by atoms with van der Waals surface area (Å²) in [6.07, 6.45) is 0. The van der Waals surface area contributed by atoms with E-state index < -0.39 is 17.7 Å². The second-order valence-corrected chi connectivity index (χ2v) is 4.78. The van der Waals surface area contributed by atoms with E-state index in [0.29, 0.717) is 5.69 Å². The Morgan fingerprint density at radius 2 is 1.89 bits per heavy atom. The molecule has 5 heteroatoms. The molecule has 1 N–H and O–H groups in total. The summed E-state index contributed by atoms with van der Waals surface area (Å²) in [5.41, 5.74) is 0.632. The third-order valence-electron chi connectivity index (χ3n) is 2.56. The van der Waals surface area contributed by atoms with Crippen LogP contribution >= 0.6 is 15.9 Å². The lowest BCUT2D eigenvalue weighted by Crippen LogP contribution is -2.11. The molecule has 0 aliphatic carbocycles. The van der Waals surface area contributed by atoms with Crippen LogP contribution < -0.4 is 5.32 Å². The number of benzene rings is 2. The molecule has 0 aliphatic heterocycles. The first kappa shape index (κ1) is 13.5. The number of rotatable bonds is 3. The fourth-order valence-corrected chi connectivity index (χ4v) is 2.07. The molecule has 0 aromatic heterocycles. The third kappa shape index (κ3) is 3.09. The van der Waals surface area contributed by atoms with E-state index in [-0.39, 0.29) is 5.56 Å². The molecule has 19 heavy (non-hydrogen) atoms. The number of nitrogens with one attached hydrogen (secondary N) is 1. The van der Waals surface area contributed by atoms with Crippen molar-refractivity contribution in [3.63, 3.8) is 0 Å². The molecule has 0 aliphatic rings. The minimum atomic E-state index is -1.00. The number of nitrogens with zero attached hydrogens (tertiary/aromatic N) is 1. The summed E-state index contributed by atoms with van der Waals surface area (Å²) in [5, 5.41) is 12.0. The maximum Gasteiger partial charge on any atom is 0.165 e. The number of hydrogen-bond donors (Lipinski definition) is 1. The Morgan fingerprint density at radius 3 is 2.58 bits per heavy atom. The molecule has 96 valence electrons. The van der Waals surface area contributed by atoms with E-state index in [1.165, 1.54) is 12.1 Å². The first-order valence-electron chi connectivity index (χ1n) is 5.47. The number of hydrogen-bond acceptors (Lipinski definition) is 2. The van der Waals surface area contributed by atoms with Crippen molar-refractivity contribution in [1.29, 1.82) is 5.26 Å². The van der Waals surface area contributed by atoms with E-state index in [0.717, 1.165) is 10.5 Å². The Kier molecular flexibility index (Phi) is 4.13. The summed E-state index contributed by atoms with van der Waals surface area (Å²) in [7, 11) is 0. The molecule has 0 amide bonds. The van der Waals surface area contributed by atoms with Crippen LogP contribution in [-0.2, 0) is 0 Å². The van der Waals surface area contributed by atoms with Gasteiger partial charge in [-0.05, 0) is 24.3 Å². The highest BCUT2D eigenvalue weighted by molar-refractivity contribution is 9.10. The number of anilines is 1. The summed E-state index contributed by atoms with van der Waals surface area (Å²) in [5.74, 6) is -1.97. The minimum Gasteiger partial charge on any atom is -0.366 e. The van der Waals surface area contributed by atoms with E-state index in [9.17, 15) is 8.78 Å². The SMILES string of the molecule is N#CC(Nc1cccc(Br)c1)c1cccc(F)c1F. The van der Waals surface area contributed by atoms with Crippen LogP contribution in [0.3, 0.4) is 0 Å². The Hall–Kier alpha value is -1.93. The maximum atomic E-state index is 13.6. The van der Waals surface area contributed by atoms with Gasteiger partial charge in [-0.15, -0.1) is 0 Å². The topological polar surface area (TPSA) is 35.8 Å². The molecule has 1 atom stereocenters. The molecule has 2 aromatic rings. The standard InChI is InChI=1S/C14H9BrF2N2/c15-9-3-1-4-10(7-9)19-13(8-18)11-5-2-6-12(16)14(11)17/h1-7,13,19H. The van der Waals surface area contributed by atoms with Crippen LogP contribution in [-0.4, -0.2) is 0 Å². The number of nitriles is 1. The van der Waals surface area contributed by atoms with Crippen molar-refractivity contribution in [1.82, 2.24) is 0 Å². The van der Waals surface area contributed by atoms with Gasteiger partial charge in [-0.2, -0.15) is 5.26 Å². The quantitative estimate of drug-likeness (QED) is 0.908. The van der Waals surface area contributed by atoms with Crippen LogP contribution in [0.1, 0.15) is 11.6 Å². The zero-order valence-corrected chi connectivity index (χ0v) is 11.3. The molecule has 0 saturated carbocycles. The first-order chi connectivity index (χ1) is 9.11. The molecular weight excluding hydrogens is 314 g/mol. The molecule has 0 saturated heterocycles. The van der Waals surface area contributed by atoms with Gasteiger partial charge in [-0.1, -0.05) is 34.1 Å². The Morgan fingerprint density at radius 1 is 1.16 bits per heavy atom. The predicted octanol–water partition coefficient (Wildman–Crippen LogP) is 4.40. The normalized spacial score (nSPS) is 11.7. The summed E-state index contributed by atoms with van der Waals surface area (Å²) >= 11 is 3.30. The first-order valence-corrected chi connectivity index (χ1v) is 6.26. The van der Waals surface area contributed by atoms with E-state index in [1.54, 1.807) is 18.2 Å². The van der Waals surface area contributed by atoms with Crippen LogP contribution in [0.15, 0.2) is 46.9 Å². The van der Waals surface area contributed by atoms with Gasteiger partial charge in [0.2, 0.25) is 0 Å². The van der Waals surface area contributed by atoms with E-state index in [4.69, 9.17) is 5.26 Å². The molecule has 1 unspecified atom stereocenters. The highest BCUT2D eigenvalue weighted by Gasteiger charge is 2.17. The summed E-state index contributed by atoms with van der Waals surface area (Å²) < 4.78 is 27.6. The van der Waals surface area contributed by atoms with Gasteiger partial charge in [0.1, 0.15) is 6.04 Å². The smallest absolute Gasteiger partial charge is 0.165 e. The van der Waals surface area contributed by atoms with Gasteiger partial charge in [0.25, 0.3) is 0 Å². The van der Waals surface area contributed by atoms with Crippen molar-refractivity contribution in [2.45, 2.75) is 6.04 Å². The molecule has 0 radical (unpaired) electrons. The van der Waals surface area contributed by atoms with Gasteiger partial charge in [0.15, 0.2) is 11.6 Å². The molecule has 0 spiro atoms. The summed E-state index contributed by atoms with van der Waals surface area (Å²) in [6, 6.07) is 11.9. The van der Waals surface area contributed by atoms with E-state index in [1.807, 2.05) is 12.1 Å². The fourth-order valence-electron chi connectivity index (χ4n) is 1.67. The minimum absolute atomic E-state index is 0.0116. The van der Waals surface area contributed by atoms with Gasteiger partial charge in [-0.25, -0.2) is 8.78 Å². The maximum absolute atomic E-state index is 13.6. The van der Waals surface area contributed by atoms with E-state index in [2.05, 4.69) is 21.2 Å². The second kappa shape index (κ2) is 5.81. The second-order valence-electron chi connectivity index (χ2n) is 3.86. The van der Waals surface area contributed by atoms with Crippen molar-refractivity contribution in [2.75, 3.05) is 5.32 Å². The predicted molar refractivity (Wildman–Crippen MR) is 72.5 cm³/mol. The Balaban J connectivity index is 2.31. The highest BCUT2D eigenvalue weighted by atomic mass is 79.9. The molecule has 0 fully saturated rings. The molecule has 0 heterocycles. The molecule has 2 aromatic carbocycles. The third-order valence-corrected chi connectivity index (χ3v) is 3.05. The van der Waals surface area contributed by atoms with Crippen LogP contribution in [0, 0.1) is 23.0 Å². The van der Waals surface area contributed by atoms with Crippen molar-refractivity contribution in [3.05, 3.63) is 64.1 Å². The van der Waals surface area contributed by atoms with Crippen molar-refractivity contribution < 1.29 is 8.78 Å². The molecule has 2 nitrogen and oxygen atoms in total. The van der Waals surface area contributed by atoms with Crippen LogP contribution in [0.5, 0.6) is 0 Å². The van der Waals surface area contributed by atoms with Crippen LogP contribution in [0.2, 0.25) is 0 Å². The molecule has 0 bridgehead atoms. The van der Waals surface area contributed by atoms with Gasteiger partial charge in [0, 0.05) is 15.7 Å². The lowest BCUT2D eigenvalue weighted by atomic mass is 10.1. The van der Waals surface area contributed by atoms with Gasteiger partial charge in [-0.3, -0.25) is 0 Å². The number of halogens is 3. The average Bonchev–Trinajstić information content (AvgIpc) is 2.40.